The van der Waals surface area contributed by atoms with Crippen LogP contribution in [0.3, 0.4) is 0 Å². The Labute approximate surface area is 176 Å². The number of halogens is 3. The van der Waals surface area contributed by atoms with E-state index in [0.29, 0.717) is 22.2 Å². The normalized spacial score (nSPS) is 14.1. The maximum atomic E-state index is 13.0. The first kappa shape index (κ1) is 21.1. The number of carbonyl (C=O) groups is 1. The number of aryl methyl sites for hydroxylation is 1. The topological polar surface area (TPSA) is 69.2 Å². The lowest BCUT2D eigenvalue weighted by molar-refractivity contribution is -0.137. The lowest BCUT2D eigenvalue weighted by Crippen LogP contribution is -2.05. The third kappa shape index (κ3) is 3.83. The number of alkyl halides is 3. The Morgan fingerprint density at radius 1 is 1.13 bits per heavy atom. The van der Waals surface area contributed by atoms with E-state index in [9.17, 15) is 22.2 Å². The Bertz CT molecular complexity index is 1440. The molecule has 0 fully saturated rings. The van der Waals surface area contributed by atoms with Crippen LogP contribution < -0.4 is 0 Å². The summed E-state index contributed by atoms with van der Waals surface area (Å²) in [7, 11) is -0.864. The highest BCUT2D eigenvalue weighted by molar-refractivity contribution is 7.93. The summed E-state index contributed by atoms with van der Waals surface area (Å²) < 4.78 is 58.3. The van der Waals surface area contributed by atoms with Gasteiger partial charge in [-0.1, -0.05) is 6.92 Å². The number of benzene rings is 2. The van der Waals surface area contributed by atoms with Crippen molar-refractivity contribution in [1.82, 2.24) is 14.3 Å². The molecule has 4 rings (SSSR count). The predicted octanol–water partition coefficient (Wildman–Crippen LogP) is 4.79. The van der Waals surface area contributed by atoms with Gasteiger partial charge in [-0.15, -0.1) is 0 Å². The van der Waals surface area contributed by atoms with Crippen LogP contribution in [0.2, 0.25) is 0 Å². The fourth-order valence-corrected chi connectivity index (χ4v) is 3.96. The molecule has 162 valence electrons. The molecule has 4 aromatic rings. The molecule has 0 bridgehead atoms. The summed E-state index contributed by atoms with van der Waals surface area (Å²) in [4.78, 5) is 12.5. The van der Waals surface area contributed by atoms with Gasteiger partial charge in [0.15, 0.2) is 5.65 Å². The summed E-state index contributed by atoms with van der Waals surface area (Å²) in [6.07, 6.45) is -1.21. The van der Waals surface area contributed by atoms with Crippen LogP contribution in [0.25, 0.3) is 27.6 Å². The van der Waals surface area contributed by atoms with Crippen LogP contribution in [-0.4, -0.2) is 36.5 Å². The van der Waals surface area contributed by atoms with Crippen molar-refractivity contribution in [2.75, 3.05) is 12.0 Å². The average Bonchev–Trinajstić information content (AvgIpc) is 3.21. The molecule has 31 heavy (non-hydrogen) atoms. The van der Waals surface area contributed by atoms with Gasteiger partial charge in [0.05, 0.1) is 20.8 Å². The van der Waals surface area contributed by atoms with Gasteiger partial charge in [0.25, 0.3) is 5.91 Å². The standard InChI is InChI=1S/C21H19F3N4O2S/c1-4-31(3,30)26-20(29)13-5-10-18-16(11-13)17-12-27(2)25-19(17)28(18)15-8-6-14(7-9-15)21(22,23)24/h5-12H,4H2,1-3H3. The molecule has 2 aromatic heterocycles. The summed E-state index contributed by atoms with van der Waals surface area (Å²) >= 11 is 0. The second-order valence-corrected chi connectivity index (χ2v) is 9.98. The first-order chi connectivity index (χ1) is 14.5. The molecule has 1 atom stereocenters. The molecule has 0 aliphatic heterocycles. The molecule has 10 heteroatoms. The zero-order valence-corrected chi connectivity index (χ0v) is 17.8. The van der Waals surface area contributed by atoms with Crippen molar-refractivity contribution in [2.45, 2.75) is 13.1 Å². The van der Waals surface area contributed by atoms with Crippen LogP contribution in [0, 0.1) is 0 Å². The van der Waals surface area contributed by atoms with Crippen molar-refractivity contribution in [3.63, 3.8) is 0 Å². The first-order valence-corrected chi connectivity index (χ1v) is 11.5. The van der Waals surface area contributed by atoms with E-state index in [1.54, 1.807) is 47.6 Å². The smallest absolute Gasteiger partial charge is 0.292 e. The van der Waals surface area contributed by atoms with Crippen LogP contribution >= 0.6 is 0 Å². The van der Waals surface area contributed by atoms with Crippen LogP contribution in [0.4, 0.5) is 13.2 Å². The second kappa shape index (κ2) is 7.23. The van der Waals surface area contributed by atoms with Crippen molar-refractivity contribution in [1.29, 1.82) is 0 Å². The molecule has 0 saturated heterocycles. The molecule has 1 amide bonds. The third-order valence-corrected chi connectivity index (χ3v) is 6.68. The summed E-state index contributed by atoms with van der Waals surface area (Å²) in [6.45, 7) is 1.70. The molecule has 1 unspecified atom stereocenters. The summed E-state index contributed by atoms with van der Waals surface area (Å²) in [6, 6.07) is 9.73. The molecule has 6 nitrogen and oxygen atoms in total. The Morgan fingerprint density at radius 2 is 1.81 bits per heavy atom. The number of amides is 1. The molecule has 0 radical (unpaired) electrons. The van der Waals surface area contributed by atoms with Gasteiger partial charge >= 0.3 is 6.18 Å². The number of aromatic nitrogens is 3. The van der Waals surface area contributed by atoms with E-state index in [2.05, 4.69) is 9.46 Å². The van der Waals surface area contributed by atoms with E-state index in [1.165, 1.54) is 18.4 Å². The van der Waals surface area contributed by atoms with E-state index in [0.717, 1.165) is 17.5 Å². The van der Waals surface area contributed by atoms with Gasteiger partial charge in [-0.05, 0) is 42.5 Å². The monoisotopic (exact) mass is 448 g/mol. The van der Waals surface area contributed by atoms with E-state index in [1.807, 2.05) is 0 Å². The Hall–Kier alpha value is -3.14. The van der Waals surface area contributed by atoms with E-state index in [-0.39, 0.29) is 11.3 Å². The quantitative estimate of drug-likeness (QED) is 0.452. The Morgan fingerprint density at radius 3 is 2.42 bits per heavy atom. The van der Waals surface area contributed by atoms with Gasteiger partial charge in [-0.2, -0.15) is 22.6 Å². The van der Waals surface area contributed by atoms with Crippen LogP contribution in [0.15, 0.2) is 53.0 Å². The molecule has 0 spiro atoms. The number of hydrogen-bond donors (Lipinski definition) is 0. The maximum absolute atomic E-state index is 13.0. The number of fused-ring (bicyclic) bond motifs is 3. The van der Waals surface area contributed by atoms with Crippen molar-refractivity contribution < 1.29 is 22.2 Å². The maximum Gasteiger partial charge on any atom is 0.416 e. The van der Waals surface area contributed by atoms with Gasteiger partial charge in [0.2, 0.25) is 0 Å². The molecular weight excluding hydrogens is 429 g/mol. The van der Waals surface area contributed by atoms with Gasteiger partial charge in [-0.3, -0.25) is 14.0 Å². The Balaban J connectivity index is 1.92. The average molecular weight is 448 g/mol. The summed E-state index contributed by atoms with van der Waals surface area (Å²) in [5.74, 6) is -0.312. The minimum atomic E-state index is -4.42. The highest BCUT2D eigenvalue weighted by Gasteiger charge is 2.30. The van der Waals surface area contributed by atoms with Gasteiger partial charge < -0.3 is 0 Å². The van der Waals surface area contributed by atoms with Crippen molar-refractivity contribution in [3.05, 3.63) is 59.8 Å². The second-order valence-electron chi connectivity index (χ2n) is 7.30. The zero-order chi connectivity index (χ0) is 22.6. The highest BCUT2D eigenvalue weighted by atomic mass is 32.2. The summed E-state index contributed by atoms with van der Waals surface area (Å²) in [5, 5.41) is 5.88. The molecule has 2 aromatic carbocycles. The minimum Gasteiger partial charge on any atom is -0.292 e. The van der Waals surface area contributed by atoms with Crippen molar-refractivity contribution >= 4 is 37.6 Å². The lowest BCUT2D eigenvalue weighted by Gasteiger charge is -2.10. The number of rotatable bonds is 3. The first-order valence-electron chi connectivity index (χ1n) is 9.40. The SMILES string of the molecule is CCS(C)(=O)=NC(=O)c1ccc2c(c1)c1cn(C)nc1n2-c1ccc(C(F)(F)F)cc1. The lowest BCUT2D eigenvalue weighted by atomic mass is 10.1. The van der Waals surface area contributed by atoms with E-state index < -0.39 is 27.4 Å². The number of carbonyl (C=O) groups excluding carboxylic acids is 1. The minimum absolute atomic E-state index is 0.262. The van der Waals surface area contributed by atoms with Crippen molar-refractivity contribution in [3.8, 4) is 5.69 Å². The fourth-order valence-electron chi connectivity index (χ4n) is 3.38. The van der Waals surface area contributed by atoms with Crippen molar-refractivity contribution in [2.24, 2.45) is 11.4 Å². The Kier molecular flexibility index (Phi) is 4.92. The number of nitrogens with zero attached hydrogens (tertiary/aromatic N) is 4. The molecular formula is C21H19F3N4O2S. The van der Waals surface area contributed by atoms with E-state index in [4.69, 9.17) is 0 Å². The molecule has 0 N–H and O–H groups in total. The largest absolute Gasteiger partial charge is 0.416 e. The third-order valence-electron chi connectivity index (χ3n) is 5.06. The van der Waals surface area contributed by atoms with Gasteiger partial charge in [0, 0.05) is 47.3 Å². The number of hydrogen-bond acceptors (Lipinski definition) is 3. The van der Waals surface area contributed by atoms with Gasteiger partial charge in [0.1, 0.15) is 0 Å². The molecule has 2 heterocycles. The predicted molar refractivity (Wildman–Crippen MR) is 114 cm³/mol. The van der Waals surface area contributed by atoms with Crippen LogP contribution in [0.1, 0.15) is 22.8 Å². The molecule has 0 aliphatic rings. The van der Waals surface area contributed by atoms with Gasteiger partial charge in [-0.25, -0.2) is 4.21 Å². The van der Waals surface area contributed by atoms with E-state index >= 15 is 0 Å². The molecule has 0 aliphatic carbocycles. The molecule has 0 saturated carbocycles. The summed E-state index contributed by atoms with van der Waals surface area (Å²) in [5.41, 5.74) is 1.29. The highest BCUT2D eigenvalue weighted by Crippen LogP contribution is 2.34. The zero-order valence-electron chi connectivity index (χ0n) is 17.0. The fraction of sp³-hybridized carbons (Fsp3) is 0.238. The van der Waals surface area contributed by atoms with Crippen LogP contribution in [-0.2, 0) is 23.0 Å². The van der Waals surface area contributed by atoms with Crippen LogP contribution in [0.5, 0.6) is 0 Å².